The minimum Gasteiger partial charge on any atom is -0.379 e. The lowest BCUT2D eigenvalue weighted by Gasteiger charge is -2.26. The zero-order valence-corrected chi connectivity index (χ0v) is 12.4. The Hall–Kier alpha value is -1.10. The summed E-state index contributed by atoms with van der Waals surface area (Å²) in [6, 6.07) is 7.62. The molecule has 0 atom stereocenters. The first-order valence-electron chi connectivity index (χ1n) is 7.03. The van der Waals surface area contributed by atoms with Crippen LogP contribution in [-0.4, -0.2) is 56.1 Å². The fraction of sp³-hybridized carbons (Fsp3) is 0.533. The number of nitrogens with one attached hydrogen (secondary N) is 1. The lowest BCUT2D eigenvalue weighted by atomic mass is 10.1. The van der Waals surface area contributed by atoms with Crippen LogP contribution < -0.4 is 5.32 Å². The maximum atomic E-state index is 12.0. The Balaban J connectivity index is 1.73. The number of carbonyl (C=O) groups is 1. The van der Waals surface area contributed by atoms with E-state index in [0.717, 1.165) is 44.8 Å². The van der Waals surface area contributed by atoms with Crippen molar-refractivity contribution >= 4 is 17.5 Å². The molecule has 2 rings (SSSR count). The van der Waals surface area contributed by atoms with Crippen molar-refractivity contribution in [3.8, 4) is 0 Å². The lowest BCUT2D eigenvalue weighted by molar-refractivity contribution is 0.0383. The van der Waals surface area contributed by atoms with Crippen LogP contribution in [0, 0.1) is 0 Å². The van der Waals surface area contributed by atoms with Crippen LogP contribution in [0.15, 0.2) is 24.3 Å². The molecule has 1 aliphatic heterocycles. The van der Waals surface area contributed by atoms with Crippen LogP contribution in [0.2, 0.25) is 0 Å². The van der Waals surface area contributed by atoms with E-state index in [1.807, 2.05) is 24.3 Å². The monoisotopic (exact) mass is 296 g/mol. The maximum absolute atomic E-state index is 12.0. The summed E-state index contributed by atoms with van der Waals surface area (Å²) in [6.07, 6.45) is 0.834. The summed E-state index contributed by atoms with van der Waals surface area (Å²) in [6.45, 7) is 5.01. The molecule has 20 heavy (non-hydrogen) atoms. The van der Waals surface area contributed by atoms with E-state index in [0.29, 0.717) is 18.0 Å². The summed E-state index contributed by atoms with van der Waals surface area (Å²) < 4.78 is 5.29. The summed E-state index contributed by atoms with van der Waals surface area (Å²) in [5, 5.41) is 2.95. The minimum absolute atomic E-state index is 0.0179. The maximum Gasteiger partial charge on any atom is 0.251 e. The third kappa shape index (κ3) is 4.78. The van der Waals surface area contributed by atoms with Crippen molar-refractivity contribution in [3.05, 3.63) is 35.4 Å². The van der Waals surface area contributed by atoms with E-state index in [9.17, 15) is 4.79 Å². The first kappa shape index (κ1) is 15.3. The quantitative estimate of drug-likeness (QED) is 0.810. The summed E-state index contributed by atoms with van der Waals surface area (Å²) in [5.74, 6) is 0.584. The average Bonchev–Trinajstić information content (AvgIpc) is 2.49. The molecule has 0 saturated carbocycles. The van der Waals surface area contributed by atoms with Crippen molar-refractivity contribution in [2.75, 3.05) is 45.3 Å². The summed E-state index contributed by atoms with van der Waals surface area (Å²) in [4.78, 5) is 14.3. The zero-order chi connectivity index (χ0) is 14.2. The molecule has 1 fully saturated rings. The van der Waals surface area contributed by atoms with Crippen LogP contribution in [0.1, 0.15) is 15.9 Å². The van der Waals surface area contributed by atoms with Gasteiger partial charge in [0.15, 0.2) is 0 Å². The highest BCUT2D eigenvalue weighted by Gasteiger charge is 2.10. The van der Waals surface area contributed by atoms with Crippen LogP contribution in [-0.2, 0) is 11.2 Å². The highest BCUT2D eigenvalue weighted by atomic mass is 35.5. The van der Waals surface area contributed by atoms with Gasteiger partial charge in [-0.3, -0.25) is 9.69 Å². The number of ether oxygens (including phenoxy) is 1. The molecule has 1 aromatic carbocycles. The number of nitrogens with zero attached hydrogens (tertiary/aromatic N) is 1. The van der Waals surface area contributed by atoms with Crippen molar-refractivity contribution in [1.82, 2.24) is 10.2 Å². The van der Waals surface area contributed by atoms with E-state index < -0.39 is 0 Å². The van der Waals surface area contributed by atoms with Crippen LogP contribution in [0.3, 0.4) is 0 Å². The number of carbonyl (C=O) groups excluding carboxylic acids is 1. The third-order valence-corrected chi connectivity index (χ3v) is 3.61. The summed E-state index contributed by atoms with van der Waals surface area (Å²) >= 11 is 5.69. The molecule has 0 aliphatic carbocycles. The van der Waals surface area contributed by atoms with Gasteiger partial charge in [0.05, 0.1) is 13.2 Å². The summed E-state index contributed by atoms with van der Waals surface area (Å²) in [7, 11) is 0. The first-order chi connectivity index (χ1) is 9.79. The van der Waals surface area contributed by atoms with Crippen LogP contribution >= 0.6 is 11.6 Å². The normalized spacial score (nSPS) is 16.1. The Morgan fingerprint density at radius 3 is 2.60 bits per heavy atom. The van der Waals surface area contributed by atoms with Crippen molar-refractivity contribution in [1.29, 1.82) is 0 Å². The second kappa shape index (κ2) is 8.25. The number of hydrogen-bond donors (Lipinski definition) is 1. The van der Waals surface area contributed by atoms with Gasteiger partial charge in [-0.05, 0) is 24.1 Å². The van der Waals surface area contributed by atoms with Crippen LogP contribution in [0.4, 0.5) is 0 Å². The SMILES string of the molecule is O=C(NCCN1CCOCC1)c1ccc(CCCl)cc1. The standard InChI is InChI=1S/C15H21ClN2O2/c16-6-5-13-1-3-14(4-2-13)15(19)17-7-8-18-9-11-20-12-10-18/h1-4H,5-12H2,(H,17,19). The van der Waals surface area contributed by atoms with Crippen molar-refractivity contribution in [2.45, 2.75) is 6.42 Å². The number of hydrogen-bond acceptors (Lipinski definition) is 3. The Bertz CT molecular complexity index is 416. The van der Waals surface area contributed by atoms with Gasteiger partial charge >= 0.3 is 0 Å². The van der Waals surface area contributed by atoms with E-state index in [-0.39, 0.29) is 5.91 Å². The average molecular weight is 297 g/mol. The van der Waals surface area contributed by atoms with Crippen molar-refractivity contribution in [3.63, 3.8) is 0 Å². The molecule has 1 amide bonds. The predicted molar refractivity (Wildman–Crippen MR) is 80.5 cm³/mol. The topological polar surface area (TPSA) is 41.6 Å². The molecule has 0 bridgehead atoms. The zero-order valence-electron chi connectivity index (χ0n) is 11.6. The molecule has 0 spiro atoms. The minimum atomic E-state index is -0.0179. The Morgan fingerprint density at radius 1 is 1.25 bits per heavy atom. The number of aryl methyl sites for hydroxylation is 1. The van der Waals surface area contributed by atoms with Gasteiger partial charge in [0.1, 0.15) is 0 Å². The number of halogens is 1. The van der Waals surface area contributed by atoms with Gasteiger partial charge in [0.2, 0.25) is 0 Å². The molecule has 110 valence electrons. The van der Waals surface area contributed by atoms with Crippen LogP contribution in [0.5, 0.6) is 0 Å². The van der Waals surface area contributed by atoms with Gasteiger partial charge in [-0.1, -0.05) is 12.1 Å². The summed E-state index contributed by atoms with van der Waals surface area (Å²) in [5.41, 5.74) is 1.86. The largest absolute Gasteiger partial charge is 0.379 e. The Morgan fingerprint density at radius 2 is 1.95 bits per heavy atom. The molecule has 4 nitrogen and oxygen atoms in total. The molecule has 1 N–H and O–H groups in total. The smallest absolute Gasteiger partial charge is 0.251 e. The molecular weight excluding hydrogens is 276 g/mol. The molecule has 5 heteroatoms. The van der Waals surface area contributed by atoms with Crippen LogP contribution in [0.25, 0.3) is 0 Å². The van der Waals surface area contributed by atoms with E-state index in [1.54, 1.807) is 0 Å². The first-order valence-corrected chi connectivity index (χ1v) is 7.56. The highest BCUT2D eigenvalue weighted by Crippen LogP contribution is 2.06. The van der Waals surface area contributed by atoms with Gasteiger partial charge in [0.25, 0.3) is 5.91 Å². The predicted octanol–water partition coefficient (Wildman–Crippen LogP) is 1.53. The van der Waals surface area contributed by atoms with Gasteiger partial charge < -0.3 is 10.1 Å². The molecule has 1 aromatic rings. The molecule has 1 aliphatic rings. The van der Waals surface area contributed by atoms with Gasteiger partial charge in [-0.15, -0.1) is 11.6 Å². The molecule has 1 heterocycles. The molecular formula is C15H21ClN2O2. The second-order valence-corrected chi connectivity index (χ2v) is 5.22. The van der Waals surface area contributed by atoms with Crippen molar-refractivity contribution in [2.24, 2.45) is 0 Å². The lowest BCUT2D eigenvalue weighted by Crippen LogP contribution is -2.41. The number of morpholine rings is 1. The van der Waals surface area contributed by atoms with E-state index >= 15 is 0 Å². The van der Waals surface area contributed by atoms with E-state index in [1.165, 1.54) is 0 Å². The number of rotatable bonds is 6. The van der Waals surface area contributed by atoms with Gasteiger partial charge in [0, 0.05) is 37.6 Å². The molecule has 0 aromatic heterocycles. The third-order valence-electron chi connectivity index (χ3n) is 3.42. The molecule has 1 saturated heterocycles. The van der Waals surface area contributed by atoms with Gasteiger partial charge in [-0.2, -0.15) is 0 Å². The fourth-order valence-electron chi connectivity index (χ4n) is 2.19. The number of amides is 1. The number of alkyl halides is 1. The Kier molecular flexibility index (Phi) is 6.30. The molecule has 0 unspecified atom stereocenters. The van der Waals surface area contributed by atoms with Gasteiger partial charge in [-0.25, -0.2) is 0 Å². The fourth-order valence-corrected chi connectivity index (χ4v) is 2.40. The van der Waals surface area contributed by atoms with E-state index in [2.05, 4.69) is 10.2 Å². The van der Waals surface area contributed by atoms with E-state index in [4.69, 9.17) is 16.3 Å². The number of benzene rings is 1. The highest BCUT2D eigenvalue weighted by molar-refractivity contribution is 6.18. The van der Waals surface area contributed by atoms with Crippen molar-refractivity contribution < 1.29 is 9.53 Å². The second-order valence-electron chi connectivity index (χ2n) is 4.85. The Labute approximate surface area is 125 Å². The molecule has 0 radical (unpaired) electrons.